The van der Waals surface area contributed by atoms with Crippen LogP contribution in [0.2, 0.25) is 0 Å². The zero-order chi connectivity index (χ0) is 10.8. The molecule has 3 atom stereocenters. The van der Waals surface area contributed by atoms with Crippen molar-refractivity contribution in [2.24, 2.45) is 5.92 Å². The predicted molar refractivity (Wildman–Crippen MR) is 67.7 cm³/mol. The van der Waals surface area contributed by atoms with Gasteiger partial charge >= 0.3 is 0 Å². The van der Waals surface area contributed by atoms with E-state index in [9.17, 15) is 0 Å². The summed E-state index contributed by atoms with van der Waals surface area (Å²) in [6.07, 6.45) is 2.71. The van der Waals surface area contributed by atoms with E-state index < -0.39 is 0 Å². The van der Waals surface area contributed by atoms with Crippen LogP contribution in [-0.2, 0) is 0 Å². The molecule has 1 aliphatic rings. The first kappa shape index (κ1) is 11.2. The molecule has 1 heterocycles. The van der Waals surface area contributed by atoms with Crippen LogP contribution in [0.25, 0.3) is 0 Å². The van der Waals surface area contributed by atoms with Gasteiger partial charge < -0.3 is 5.32 Å². The van der Waals surface area contributed by atoms with E-state index in [1.807, 2.05) is 11.3 Å². The highest BCUT2D eigenvalue weighted by Gasteiger charge is 2.34. The van der Waals surface area contributed by atoms with E-state index in [2.05, 4.69) is 37.5 Å². The minimum atomic E-state index is 0.737. The quantitative estimate of drug-likeness (QED) is 0.826. The summed E-state index contributed by atoms with van der Waals surface area (Å²) < 4.78 is 0. The van der Waals surface area contributed by atoms with Crippen LogP contribution in [0.3, 0.4) is 0 Å². The molecule has 1 aliphatic carbocycles. The van der Waals surface area contributed by atoms with Gasteiger partial charge in [0.25, 0.3) is 0 Å². The molecule has 2 heteroatoms. The third kappa shape index (κ3) is 2.11. The van der Waals surface area contributed by atoms with Gasteiger partial charge in [0.2, 0.25) is 0 Å². The van der Waals surface area contributed by atoms with E-state index >= 15 is 0 Å². The Morgan fingerprint density at radius 3 is 2.87 bits per heavy atom. The second kappa shape index (κ2) is 4.67. The Morgan fingerprint density at radius 2 is 2.27 bits per heavy atom. The summed E-state index contributed by atoms with van der Waals surface area (Å²) in [6.45, 7) is 7.96. The largest absolute Gasteiger partial charge is 0.314 e. The summed E-state index contributed by atoms with van der Waals surface area (Å²) >= 11 is 1.94. The van der Waals surface area contributed by atoms with Gasteiger partial charge in [0.1, 0.15) is 0 Å². The SMILES string of the molecule is CCNC1CCC(c2sccc2C)C1C. The van der Waals surface area contributed by atoms with Crippen molar-refractivity contribution in [1.82, 2.24) is 5.32 Å². The predicted octanol–water partition coefficient (Wildman–Crippen LogP) is 3.55. The molecule has 0 radical (unpaired) electrons. The third-order valence-electron chi connectivity index (χ3n) is 3.76. The van der Waals surface area contributed by atoms with E-state index in [1.165, 1.54) is 18.4 Å². The van der Waals surface area contributed by atoms with Crippen LogP contribution in [-0.4, -0.2) is 12.6 Å². The van der Waals surface area contributed by atoms with Gasteiger partial charge in [-0.25, -0.2) is 0 Å². The molecule has 0 aliphatic heterocycles. The van der Waals surface area contributed by atoms with Crippen LogP contribution < -0.4 is 5.32 Å². The van der Waals surface area contributed by atoms with Crippen molar-refractivity contribution in [1.29, 1.82) is 0 Å². The number of rotatable bonds is 3. The van der Waals surface area contributed by atoms with Crippen molar-refractivity contribution in [3.63, 3.8) is 0 Å². The maximum absolute atomic E-state index is 3.61. The molecule has 84 valence electrons. The summed E-state index contributed by atoms with van der Waals surface area (Å²) in [5, 5.41) is 5.84. The van der Waals surface area contributed by atoms with Gasteiger partial charge in [-0.15, -0.1) is 11.3 Å². The van der Waals surface area contributed by atoms with Gasteiger partial charge in [0.15, 0.2) is 0 Å². The number of hydrogen-bond donors (Lipinski definition) is 1. The van der Waals surface area contributed by atoms with E-state index in [0.717, 1.165) is 24.4 Å². The third-order valence-corrected chi connectivity index (χ3v) is 4.91. The lowest BCUT2D eigenvalue weighted by Gasteiger charge is -2.21. The maximum atomic E-state index is 3.61. The lowest BCUT2D eigenvalue weighted by Crippen LogP contribution is -2.32. The first-order chi connectivity index (χ1) is 7.24. The van der Waals surface area contributed by atoms with Gasteiger partial charge in [-0.05, 0) is 55.2 Å². The monoisotopic (exact) mass is 223 g/mol. The zero-order valence-corrected chi connectivity index (χ0v) is 10.7. The highest BCUT2D eigenvalue weighted by Crippen LogP contribution is 2.42. The molecule has 0 amide bonds. The molecule has 0 saturated heterocycles. The molecule has 1 saturated carbocycles. The second-order valence-corrected chi connectivity index (χ2v) is 5.62. The van der Waals surface area contributed by atoms with Crippen LogP contribution in [0.1, 0.15) is 43.0 Å². The topological polar surface area (TPSA) is 12.0 Å². The first-order valence-corrected chi connectivity index (χ1v) is 6.89. The second-order valence-electron chi connectivity index (χ2n) is 4.67. The van der Waals surface area contributed by atoms with E-state index in [1.54, 1.807) is 4.88 Å². The molecule has 0 bridgehead atoms. The number of aryl methyl sites for hydroxylation is 1. The smallest absolute Gasteiger partial charge is 0.0109 e. The first-order valence-electron chi connectivity index (χ1n) is 6.01. The molecule has 1 aromatic heterocycles. The van der Waals surface area contributed by atoms with E-state index in [0.29, 0.717) is 0 Å². The van der Waals surface area contributed by atoms with Crippen molar-refractivity contribution in [3.05, 3.63) is 21.9 Å². The summed E-state index contributed by atoms with van der Waals surface area (Å²) in [7, 11) is 0. The molecule has 1 fully saturated rings. The normalized spacial score (nSPS) is 31.0. The van der Waals surface area contributed by atoms with Crippen LogP contribution in [0, 0.1) is 12.8 Å². The lowest BCUT2D eigenvalue weighted by atomic mass is 9.92. The summed E-state index contributed by atoms with van der Waals surface area (Å²) in [6, 6.07) is 2.99. The average molecular weight is 223 g/mol. The van der Waals surface area contributed by atoms with Gasteiger partial charge in [0, 0.05) is 10.9 Å². The molecule has 2 rings (SSSR count). The summed E-state index contributed by atoms with van der Waals surface area (Å²) in [5.74, 6) is 1.59. The number of thiophene rings is 1. The Morgan fingerprint density at radius 1 is 1.47 bits per heavy atom. The fraction of sp³-hybridized carbons (Fsp3) is 0.692. The number of nitrogens with one attached hydrogen (secondary N) is 1. The van der Waals surface area contributed by atoms with Crippen molar-refractivity contribution >= 4 is 11.3 Å². The standard InChI is InChI=1S/C13H21NS/c1-4-14-12-6-5-11(10(12)3)13-9(2)7-8-15-13/h7-8,10-12,14H,4-6H2,1-3H3. The van der Waals surface area contributed by atoms with Crippen molar-refractivity contribution in [2.75, 3.05) is 6.54 Å². The van der Waals surface area contributed by atoms with Gasteiger partial charge in [0.05, 0.1) is 0 Å². The summed E-state index contributed by atoms with van der Waals surface area (Å²) in [4.78, 5) is 1.63. The fourth-order valence-corrected chi connectivity index (χ4v) is 4.03. The van der Waals surface area contributed by atoms with Gasteiger partial charge in [-0.2, -0.15) is 0 Å². The lowest BCUT2D eigenvalue weighted by molar-refractivity contribution is 0.414. The molecule has 0 spiro atoms. The van der Waals surface area contributed by atoms with Crippen LogP contribution in [0.4, 0.5) is 0 Å². The van der Waals surface area contributed by atoms with Gasteiger partial charge in [-0.3, -0.25) is 0 Å². The zero-order valence-electron chi connectivity index (χ0n) is 9.92. The van der Waals surface area contributed by atoms with Crippen molar-refractivity contribution < 1.29 is 0 Å². The molecule has 0 aromatic carbocycles. The molecule has 15 heavy (non-hydrogen) atoms. The molecular formula is C13H21NS. The Kier molecular flexibility index (Phi) is 3.47. The maximum Gasteiger partial charge on any atom is 0.0109 e. The van der Waals surface area contributed by atoms with E-state index in [4.69, 9.17) is 0 Å². The highest BCUT2D eigenvalue weighted by molar-refractivity contribution is 7.10. The van der Waals surface area contributed by atoms with Crippen molar-refractivity contribution in [2.45, 2.75) is 45.6 Å². The highest BCUT2D eigenvalue weighted by atomic mass is 32.1. The van der Waals surface area contributed by atoms with Crippen LogP contribution in [0.5, 0.6) is 0 Å². The molecule has 1 N–H and O–H groups in total. The Hall–Kier alpha value is -0.340. The fourth-order valence-electron chi connectivity index (χ4n) is 2.85. The minimum absolute atomic E-state index is 0.737. The Labute approximate surface area is 96.9 Å². The van der Waals surface area contributed by atoms with Crippen molar-refractivity contribution in [3.8, 4) is 0 Å². The van der Waals surface area contributed by atoms with Crippen LogP contribution >= 0.6 is 11.3 Å². The van der Waals surface area contributed by atoms with E-state index in [-0.39, 0.29) is 0 Å². The molecule has 3 unspecified atom stereocenters. The molecule has 1 nitrogen and oxygen atoms in total. The summed E-state index contributed by atoms with van der Waals surface area (Å²) in [5.41, 5.74) is 1.49. The molecule has 1 aromatic rings. The molecular weight excluding hydrogens is 202 g/mol. The minimum Gasteiger partial charge on any atom is -0.314 e. The average Bonchev–Trinajstić information content (AvgIpc) is 2.76. The Balaban J connectivity index is 2.10. The van der Waals surface area contributed by atoms with Crippen LogP contribution in [0.15, 0.2) is 11.4 Å². The number of hydrogen-bond acceptors (Lipinski definition) is 2. The Bertz CT molecular complexity index is 318. The van der Waals surface area contributed by atoms with Gasteiger partial charge in [-0.1, -0.05) is 13.8 Å².